The predicted molar refractivity (Wildman–Crippen MR) is 73.3 cm³/mol. The third-order valence-electron chi connectivity index (χ3n) is 2.95. The molecule has 0 aliphatic carbocycles. The molecule has 0 amide bonds. The molecule has 6 heteroatoms. The van der Waals surface area contributed by atoms with E-state index in [-0.39, 0.29) is 17.2 Å². The van der Waals surface area contributed by atoms with Gasteiger partial charge in [0.2, 0.25) is 0 Å². The van der Waals surface area contributed by atoms with Gasteiger partial charge in [-0.05, 0) is 19.4 Å². The highest BCUT2D eigenvalue weighted by Gasteiger charge is 2.17. The number of non-ortho nitro benzene ring substituents is 1. The molecular formula is C13H17N3O3. The molecule has 0 spiro atoms. The number of hydrogen-bond acceptors (Lipinski definition) is 5. The number of benzene rings is 1. The minimum absolute atomic E-state index is 0.0319. The Morgan fingerprint density at radius 3 is 3.00 bits per heavy atom. The topological polar surface area (TPSA) is 81.2 Å². The highest BCUT2D eigenvalue weighted by atomic mass is 16.6. The van der Waals surface area contributed by atoms with Crippen LogP contribution in [0.15, 0.2) is 22.6 Å². The van der Waals surface area contributed by atoms with Gasteiger partial charge in [-0.3, -0.25) is 10.1 Å². The Labute approximate surface area is 111 Å². The molecule has 1 unspecified atom stereocenters. The number of nitro groups is 1. The molecule has 1 N–H and O–H groups in total. The molecule has 1 aromatic carbocycles. The van der Waals surface area contributed by atoms with Crippen molar-refractivity contribution in [2.24, 2.45) is 0 Å². The number of nitrogens with one attached hydrogen (secondary N) is 1. The second kappa shape index (κ2) is 5.69. The van der Waals surface area contributed by atoms with Crippen LogP contribution >= 0.6 is 0 Å². The molecule has 19 heavy (non-hydrogen) atoms. The van der Waals surface area contributed by atoms with Crippen LogP contribution in [0.3, 0.4) is 0 Å². The van der Waals surface area contributed by atoms with Gasteiger partial charge in [-0.15, -0.1) is 0 Å². The maximum atomic E-state index is 10.9. The van der Waals surface area contributed by atoms with Crippen molar-refractivity contribution in [3.8, 4) is 0 Å². The van der Waals surface area contributed by atoms with Crippen LogP contribution in [-0.2, 0) is 0 Å². The van der Waals surface area contributed by atoms with Crippen molar-refractivity contribution in [3.05, 3.63) is 28.3 Å². The summed E-state index contributed by atoms with van der Waals surface area (Å²) < 4.78 is 5.48. The summed E-state index contributed by atoms with van der Waals surface area (Å²) in [5, 5.41) is 14.0. The number of oxazole rings is 1. The molecule has 2 rings (SSSR count). The number of nitrogens with zero attached hydrogens (tertiary/aromatic N) is 2. The molecule has 0 aliphatic heterocycles. The van der Waals surface area contributed by atoms with Crippen molar-refractivity contribution in [1.29, 1.82) is 0 Å². The molecule has 0 bridgehead atoms. The molecular weight excluding hydrogens is 246 g/mol. The van der Waals surface area contributed by atoms with Crippen molar-refractivity contribution in [3.63, 3.8) is 0 Å². The fourth-order valence-electron chi connectivity index (χ4n) is 1.94. The third-order valence-corrected chi connectivity index (χ3v) is 2.95. The first kappa shape index (κ1) is 13.3. The normalized spacial score (nSPS) is 12.5. The number of hydrogen-bond donors (Lipinski definition) is 1. The predicted octanol–water partition coefficient (Wildman–Crippen LogP) is 3.73. The van der Waals surface area contributed by atoms with Crippen molar-refractivity contribution in [1.82, 2.24) is 4.98 Å². The van der Waals surface area contributed by atoms with Gasteiger partial charge in [0.15, 0.2) is 11.1 Å². The van der Waals surface area contributed by atoms with Crippen LogP contribution in [0, 0.1) is 10.1 Å². The van der Waals surface area contributed by atoms with Crippen molar-refractivity contribution in [2.45, 2.75) is 39.2 Å². The zero-order chi connectivity index (χ0) is 13.8. The Morgan fingerprint density at radius 1 is 1.53 bits per heavy atom. The van der Waals surface area contributed by atoms with Crippen LogP contribution in [-0.4, -0.2) is 15.9 Å². The van der Waals surface area contributed by atoms with E-state index in [1.54, 1.807) is 12.1 Å². The molecule has 1 aromatic heterocycles. The van der Waals surface area contributed by atoms with Gasteiger partial charge in [0.05, 0.1) is 4.92 Å². The average Bonchev–Trinajstić information content (AvgIpc) is 2.77. The molecule has 0 aliphatic rings. The number of unbranched alkanes of at least 4 members (excludes halogenated alkanes) is 1. The van der Waals surface area contributed by atoms with Crippen molar-refractivity contribution in [2.75, 3.05) is 5.32 Å². The first-order valence-corrected chi connectivity index (χ1v) is 6.42. The van der Waals surface area contributed by atoms with Crippen LogP contribution in [0.5, 0.6) is 0 Å². The van der Waals surface area contributed by atoms with E-state index in [4.69, 9.17) is 4.42 Å². The number of nitro benzene ring substituents is 1. The second-order valence-electron chi connectivity index (χ2n) is 4.59. The quantitative estimate of drug-likeness (QED) is 0.634. The third kappa shape index (κ3) is 3.01. The summed E-state index contributed by atoms with van der Waals surface area (Å²) in [7, 11) is 0. The minimum Gasteiger partial charge on any atom is -0.423 e. The molecule has 0 fully saturated rings. The Kier molecular flexibility index (Phi) is 3.99. The molecule has 6 nitrogen and oxygen atoms in total. The number of para-hydroxylation sites is 1. The molecule has 0 saturated heterocycles. The van der Waals surface area contributed by atoms with E-state index in [0.717, 1.165) is 19.3 Å². The lowest BCUT2D eigenvalue weighted by Gasteiger charge is -2.10. The summed E-state index contributed by atoms with van der Waals surface area (Å²) in [6.45, 7) is 4.18. The first-order chi connectivity index (χ1) is 9.11. The van der Waals surface area contributed by atoms with E-state index in [2.05, 4.69) is 17.2 Å². The van der Waals surface area contributed by atoms with Crippen molar-refractivity contribution >= 4 is 22.8 Å². The van der Waals surface area contributed by atoms with Crippen molar-refractivity contribution < 1.29 is 9.34 Å². The highest BCUT2D eigenvalue weighted by molar-refractivity contribution is 5.84. The highest BCUT2D eigenvalue weighted by Crippen LogP contribution is 2.27. The van der Waals surface area contributed by atoms with Gasteiger partial charge in [-0.25, -0.2) is 0 Å². The molecule has 0 saturated carbocycles. The maximum Gasteiger partial charge on any atom is 0.298 e. The van der Waals surface area contributed by atoms with Gasteiger partial charge < -0.3 is 9.73 Å². The number of anilines is 1. The fourth-order valence-corrected chi connectivity index (χ4v) is 1.94. The molecule has 1 atom stereocenters. The number of rotatable bonds is 6. The number of fused-ring (bicyclic) bond motifs is 1. The summed E-state index contributed by atoms with van der Waals surface area (Å²) in [5.41, 5.74) is 0.688. The fraction of sp³-hybridized carbons (Fsp3) is 0.462. The second-order valence-corrected chi connectivity index (χ2v) is 4.59. The van der Waals surface area contributed by atoms with E-state index < -0.39 is 4.92 Å². The minimum atomic E-state index is -0.449. The van der Waals surface area contributed by atoms with Crippen LogP contribution in [0.2, 0.25) is 0 Å². The van der Waals surface area contributed by atoms with E-state index >= 15 is 0 Å². The molecule has 102 valence electrons. The van der Waals surface area contributed by atoms with E-state index in [1.165, 1.54) is 6.07 Å². The van der Waals surface area contributed by atoms with Crippen LogP contribution in [0.1, 0.15) is 33.1 Å². The zero-order valence-corrected chi connectivity index (χ0v) is 11.0. The van der Waals surface area contributed by atoms with Gasteiger partial charge in [0.25, 0.3) is 11.7 Å². The molecule has 2 aromatic rings. The lowest BCUT2D eigenvalue weighted by Crippen LogP contribution is -2.14. The van der Waals surface area contributed by atoms with Crippen LogP contribution < -0.4 is 5.32 Å². The zero-order valence-electron chi connectivity index (χ0n) is 11.0. The monoisotopic (exact) mass is 263 g/mol. The Hall–Kier alpha value is -2.11. The lowest BCUT2D eigenvalue weighted by atomic mass is 10.1. The standard InChI is InChI=1S/C13H17N3O3/c1-3-4-6-9(2)14-13-15-12-10(16(17)18)7-5-8-11(12)19-13/h5,7-9H,3-4,6H2,1-2H3,(H,14,15). The Balaban J connectivity index is 2.22. The summed E-state index contributed by atoms with van der Waals surface area (Å²) in [5.74, 6) is 0. The first-order valence-electron chi connectivity index (χ1n) is 6.42. The number of aromatic nitrogens is 1. The van der Waals surface area contributed by atoms with Gasteiger partial charge in [0, 0.05) is 12.1 Å². The van der Waals surface area contributed by atoms with Crippen LogP contribution in [0.25, 0.3) is 11.1 Å². The van der Waals surface area contributed by atoms with Crippen LogP contribution in [0.4, 0.5) is 11.7 Å². The summed E-state index contributed by atoms with van der Waals surface area (Å²) in [4.78, 5) is 14.6. The van der Waals surface area contributed by atoms with Gasteiger partial charge in [0.1, 0.15) is 0 Å². The largest absolute Gasteiger partial charge is 0.423 e. The Morgan fingerprint density at radius 2 is 2.32 bits per heavy atom. The summed E-state index contributed by atoms with van der Waals surface area (Å²) in [6.07, 6.45) is 3.26. The van der Waals surface area contributed by atoms with Gasteiger partial charge >= 0.3 is 0 Å². The smallest absolute Gasteiger partial charge is 0.298 e. The SMILES string of the molecule is CCCCC(C)Nc1nc2c([N+](=O)[O-])cccc2o1. The summed E-state index contributed by atoms with van der Waals surface area (Å²) in [6, 6.07) is 5.27. The van der Waals surface area contributed by atoms with E-state index in [1.807, 2.05) is 6.92 Å². The van der Waals surface area contributed by atoms with E-state index in [0.29, 0.717) is 11.6 Å². The average molecular weight is 263 g/mol. The van der Waals surface area contributed by atoms with E-state index in [9.17, 15) is 10.1 Å². The molecule has 1 heterocycles. The van der Waals surface area contributed by atoms with Gasteiger partial charge in [-0.1, -0.05) is 25.8 Å². The lowest BCUT2D eigenvalue weighted by molar-refractivity contribution is -0.383. The van der Waals surface area contributed by atoms with Gasteiger partial charge in [-0.2, -0.15) is 4.98 Å². The molecule has 0 radical (unpaired) electrons. The summed E-state index contributed by atoms with van der Waals surface area (Å²) >= 11 is 0. The maximum absolute atomic E-state index is 10.9. The Bertz CT molecular complexity index is 580.